The number of amides is 3. The first kappa shape index (κ1) is 20.7. The number of nitrogens with zero attached hydrogens (tertiary/aromatic N) is 1. The van der Waals surface area contributed by atoms with E-state index in [0.29, 0.717) is 5.56 Å². The van der Waals surface area contributed by atoms with Gasteiger partial charge in [0.1, 0.15) is 0 Å². The van der Waals surface area contributed by atoms with Crippen molar-refractivity contribution in [3.8, 4) is 11.3 Å². The predicted octanol–water partition coefficient (Wildman–Crippen LogP) is 5.63. The number of aromatic nitrogens is 1. The van der Waals surface area contributed by atoms with Crippen molar-refractivity contribution in [1.29, 1.82) is 0 Å². The van der Waals surface area contributed by atoms with E-state index in [1.165, 1.54) is 30.3 Å². The molecule has 0 saturated carbocycles. The number of carbonyl (C=O) groups excluding carboxylic acids is 2. The maximum absolute atomic E-state index is 12.6. The van der Waals surface area contributed by atoms with Gasteiger partial charge in [0.05, 0.1) is 21.2 Å². The Kier molecular flexibility index (Phi) is 5.81. The van der Waals surface area contributed by atoms with E-state index in [4.69, 9.17) is 27.7 Å². The number of alkyl halides is 3. The standard InChI is InChI=1S/C18H10Cl2F3N3O3/c19-11-2-1-3-12(20)15(11)16(27)25-17(28)24-14-8-13(29-26-14)9-4-6-10(7-5-9)18(21,22)23/h1-8H,(H2,24,25,26,27,28). The third-order valence-electron chi connectivity index (χ3n) is 3.67. The summed E-state index contributed by atoms with van der Waals surface area (Å²) in [7, 11) is 0. The minimum Gasteiger partial charge on any atom is -0.354 e. The molecule has 2 N–H and O–H groups in total. The molecule has 0 bridgehead atoms. The van der Waals surface area contributed by atoms with E-state index in [2.05, 4.69) is 10.5 Å². The van der Waals surface area contributed by atoms with Crippen LogP contribution in [0.25, 0.3) is 11.3 Å². The number of urea groups is 1. The molecule has 0 spiro atoms. The molecular weight excluding hydrogens is 434 g/mol. The Morgan fingerprint density at radius 1 is 1.00 bits per heavy atom. The van der Waals surface area contributed by atoms with E-state index in [1.807, 2.05) is 5.32 Å². The lowest BCUT2D eigenvalue weighted by molar-refractivity contribution is -0.137. The summed E-state index contributed by atoms with van der Waals surface area (Å²) in [4.78, 5) is 24.1. The van der Waals surface area contributed by atoms with Gasteiger partial charge < -0.3 is 4.52 Å². The molecule has 1 aromatic heterocycles. The lowest BCUT2D eigenvalue weighted by Gasteiger charge is -2.07. The normalized spacial score (nSPS) is 11.2. The van der Waals surface area contributed by atoms with Gasteiger partial charge in [0.15, 0.2) is 11.6 Å². The molecule has 6 nitrogen and oxygen atoms in total. The number of halogens is 5. The first-order valence-corrected chi connectivity index (χ1v) is 8.61. The Morgan fingerprint density at radius 3 is 2.21 bits per heavy atom. The van der Waals surface area contributed by atoms with Gasteiger partial charge in [0.25, 0.3) is 5.91 Å². The highest BCUT2D eigenvalue weighted by molar-refractivity contribution is 6.40. The highest BCUT2D eigenvalue weighted by atomic mass is 35.5. The van der Waals surface area contributed by atoms with E-state index in [0.717, 1.165) is 12.1 Å². The highest BCUT2D eigenvalue weighted by Crippen LogP contribution is 2.31. The van der Waals surface area contributed by atoms with Gasteiger partial charge in [-0.2, -0.15) is 13.2 Å². The lowest BCUT2D eigenvalue weighted by Crippen LogP contribution is -2.34. The Bertz CT molecular complexity index is 1050. The zero-order valence-electron chi connectivity index (χ0n) is 14.2. The molecule has 0 saturated heterocycles. The van der Waals surface area contributed by atoms with E-state index in [9.17, 15) is 22.8 Å². The minimum atomic E-state index is -4.46. The molecule has 0 aliphatic carbocycles. The second-order valence-electron chi connectivity index (χ2n) is 5.66. The van der Waals surface area contributed by atoms with Crippen molar-refractivity contribution < 1.29 is 27.3 Å². The van der Waals surface area contributed by atoms with Crippen LogP contribution in [-0.2, 0) is 6.18 Å². The molecule has 0 atom stereocenters. The second-order valence-corrected chi connectivity index (χ2v) is 6.47. The number of benzene rings is 2. The number of hydrogen-bond acceptors (Lipinski definition) is 4. The maximum Gasteiger partial charge on any atom is 0.416 e. The molecule has 0 radical (unpaired) electrons. The molecule has 2 aromatic carbocycles. The summed E-state index contributed by atoms with van der Waals surface area (Å²) in [5, 5.41) is 8.01. The number of nitrogens with one attached hydrogen (secondary N) is 2. The number of imide groups is 1. The van der Waals surface area contributed by atoms with Gasteiger partial charge in [0, 0.05) is 11.6 Å². The Labute approximate surface area is 171 Å². The van der Waals surface area contributed by atoms with Crippen molar-refractivity contribution in [1.82, 2.24) is 10.5 Å². The summed E-state index contributed by atoms with van der Waals surface area (Å²) in [5.74, 6) is -0.769. The quantitative estimate of drug-likeness (QED) is 0.549. The maximum atomic E-state index is 12.6. The fourth-order valence-corrected chi connectivity index (χ4v) is 2.89. The summed E-state index contributed by atoms with van der Waals surface area (Å²) in [6.07, 6.45) is -4.46. The molecule has 1 heterocycles. The molecule has 11 heteroatoms. The van der Waals surface area contributed by atoms with Crippen LogP contribution in [0.15, 0.2) is 53.1 Å². The predicted molar refractivity (Wildman–Crippen MR) is 99.9 cm³/mol. The summed E-state index contributed by atoms with van der Waals surface area (Å²) in [6, 6.07) is 8.97. The second kappa shape index (κ2) is 8.14. The lowest BCUT2D eigenvalue weighted by atomic mass is 10.1. The van der Waals surface area contributed by atoms with E-state index < -0.39 is 23.7 Å². The summed E-state index contributed by atoms with van der Waals surface area (Å²) in [6.45, 7) is 0. The van der Waals surface area contributed by atoms with Gasteiger partial charge in [-0.3, -0.25) is 15.4 Å². The van der Waals surface area contributed by atoms with Crippen LogP contribution >= 0.6 is 23.2 Å². The molecule has 150 valence electrons. The van der Waals surface area contributed by atoms with Gasteiger partial charge in [-0.25, -0.2) is 4.79 Å². The van der Waals surface area contributed by atoms with E-state index in [-0.39, 0.29) is 27.2 Å². The third-order valence-corrected chi connectivity index (χ3v) is 4.30. The van der Waals surface area contributed by atoms with Crippen LogP contribution in [0.3, 0.4) is 0 Å². The molecule has 29 heavy (non-hydrogen) atoms. The number of anilines is 1. The summed E-state index contributed by atoms with van der Waals surface area (Å²) in [5.41, 5.74) is -0.565. The highest BCUT2D eigenvalue weighted by Gasteiger charge is 2.30. The van der Waals surface area contributed by atoms with Gasteiger partial charge in [-0.05, 0) is 24.3 Å². The molecule has 0 aliphatic heterocycles. The number of carbonyl (C=O) groups is 2. The molecule has 3 amide bonds. The van der Waals surface area contributed by atoms with Crippen LogP contribution in [0.4, 0.5) is 23.8 Å². The van der Waals surface area contributed by atoms with Crippen LogP contribution < -0.4 is 10.6 Å². The number of hydrogen-bond donors (Lipinski definition) is 2. The minimum absolute atomic E-state index is 0.0598. The average Bonchev–Trinajstić information content (AvgIpc) is 3.09. The summed E-state index contributed by atoms with van der Waals surface area (Å²) < 4.78 is 42.8. The molecule has 3 aromatic rings. The Balaban J connectivity index is 1.67. The largest absolute Gasteiger partial charge is 0.416 e. The fourth-order valence-electron chi connectivity index (χ4n) is 2.32. The van der Waals surface area contributed by atoms with E-state index in [1.54, 1.807) is 6.07 Å². The van der Waals surface area contributed by atoms with Crippen molar-refractivity contribution >= 4 is 41.0 Å². The molecule has 0 unspecified atom stereocenters. The van der Waals surface area contributed by atoms with Crippen molar-refractivity contribution in [2.45, 2.75) is 6.18 Å². The zero-order chi connectivity index (χ0) is 21.2. The molecule has 0 fully saturated rings. The van der Waals surface area contributed by atoms with Gasteiger partial charge in [-0.15, -0.1) is 0 Å². The topological polar surface area (TPSA) is 84.2 Å². The van der Waals surface area contributed by atoms with Crippen molar-refractivity contribution in [3.63, 3.8) is 0 Å². The smallest absolute Gasteiger partial charge is 0.354 e. The van der Waals surface area contributed by atoms with Crippen molar-refractivity contribution in [3.05, 3.63) is 69.7 Å². The molecule has 0 aliphatic rings. The van der Waals surface area contributed by atoms with Gasteiger partial charge in [0.2, 0.25) is 0 Å². The van der Waals surface area contributed by atoms with Crippen molar-refractivity contribution in [2.24, 2.45) is 0 Å². The summed E-state index contributed by atoms with van der Waals surface area (Å²) >= 11 is 11.8. The van der Waals surface area contributed by atoms with Crippen LogP contribution in [-0.4, -0.2) is 17.1 Å². The van der Waals surface area contributed by atoms with Crippen LogP contribution in [0, 0.1) is 0 Å². The monoisotopic (exact) mass is 443 g/mol. The van der Waals surface area contributed by atoms with E-state index >= 15 is 0 Å². The Hall–Kier alpha value is -3.04. The number of rotatable bonds is 3. The Morgan fingerprint density at radius 2 is 1.62 bits per heavy atom. The first-order valence-electron chi connectivity index (χ1n) is 7.86. The van der Waals surface area contributed by atoms with Crippen LogP contribution in [0.5, 0.6) is 0 Å². The molecular formula is C18H10Cl2F3N3O3. The fraction of sp³-hybridized carbons (Fsp3) is 0.0556. The zero-order valence-corrected chi connectivity index (χ0v) is 15.7. The van der Waals surface area contributed by atoms with Crippen molar-refractivity contribution in [2.75, 3.05) is 5.32 Å². The van der Waals surface area contributed by atoms with Gasteiger partial charge in [-0.1, -0.05) is 46.6 Å². The van der Waals surface area contributed by atoms with Crippen LogP contribution in [0.2, 0.25) is 10.0 Å². The van der Waals surface area contributed by atoms with Crippen LogP contribution in [0.1, 0.15) is 15.9 Å². The SMILES string of the molecule is O=C(NC(=O)c1c(Cl)cccc1Cl)Nc1cc(-c2ccc(C(F)(F)F)cc2)on1. The first-order chi connectivity index (χ1) is 13.6. The third kappa shape index (κ3) is 4.87. The molecule has 3 rings (SSSR count). The van der Waals surface area contributed by atoms with Gasteiger partial charge >= 0.3 is 12.2 Å². The average molecular weight is 444 g/mol.